The van der Waals surface area contributed by atoms with Crippen molar-refractivity contribution in [1.29, 1.82) is 0 Å². The summed E-state index contributed by atoms with van der Waals surface area (Å²) in [7, 11) is 0. The highest BCUT2D eigenvalue weighted by Gasteiger charge is 2.12. The molecule has 0 fully saturated rings. The minimum Gasteiger partial charge on any atom is -0.508 e. The van der Waals surface area contributed by atoms with Gasteiger partial charge in [-0.1, -0.05) is 122 Å². The number of aromatic carboxylic acids is 1. The molecule has 0 aliphatic heterocycles. The fraction of sp³-hybridized carbons (Fsp3) is 0.741. The molecule has 1 aromatic rings. The molecule has 0 bridgehead atoms. The van der Waals surface area contributed by atoms with E-state index in [1.54, 1.807) is 18.2 Å². The number of phenolic OH excluding ortho intramolecular Hbond substituents is 1. The second kappa shape index (κ2) is 18.3. The first kappa shape index (κ1) is 26.5. The van der Waals surface area contributed by atoms with Crippen LogP contribution in [0.25, 0.3) is 0 Å². The minimum atomic E-state index is -0.955. The number of aromatic hydroxyl groups is 1. The topological polar surface area (TPSA) is 57.5 Å². The molecule has 0 amide bonds. The van der Waals surface area contributed by atoms with Gasteiger partial charge < -0.3 is 10.2 Å². The number of unbranched alkanes of at least 4 members (excludes halogenated alkanes) is 17. The molecule has 0 saturated carbocycles. The summed E-state index contributed by atoms with van der Waals surface area (Å²) in [5.41, 5.74) is 0.823. The van der Waals surface area contributed by atoms with Crippen molar-refractivity contribution in [3.63, 3.8) is 0 Å². The van der Waals surface area contributed by atoms with Crippen molar-refractivity contribution in [3.8, 4) is 5.75 Å². The Morgan fingerprint density at radius 2 is 1.07 bits per heavy atom. The van der Waals surface area contributed by atoms with E-state index in [0.717, 1.165) is 12.8 Å². The lowest BCUT2D eigenvalue weighted by atomic mass is 9.99. The molecule has 0 spiro atoms. The van der Waals surface area contributed by atoms with Gasteiger partial charge in [-0.15, -0.1) is 0 Å². The molecule has 3 heteroatoms. The van der Waals surface area contributed by atoms with Gasteiger partial charge in [-0.3, -0.25) is 0 Å². The van der Waals surface area contributed by atoms with E-state index in [-0.39, 0.29) is 11.3 Å². The van der Waals surface area contributed by atoms with Crippen LogP contribution in [0.4, 0.5) is 0 Å². The van der Waals surface area contributed by atoms with E-state index in [2.05, 4.69) is 6.92 Å². The predicted octanol–water partition coefficient (Wildman–Crippen LogP) is 8.67. The molecule has 30 heavy (non-hydrogen) atoms. The Hall–Kier alpha value is -1.51. The van der Waals surface area contributed by atoms with Gasteiger partial charge >= 0.3 is 5.97 Å². The summed E-state index contributed by atoms with van der Waals surface area (Å²) >= 11 is 0. The second-order valence-corrected chi connectivity index (χ2v) is 8.87. The summed E-state index contributed by atoms with van der Waals surface area (Å²) in [6, 6.07) is 4.75. The number of rotatable bonds is 20. The average Bonchev–Trinajstić information content (AvgIpc) is 2.73. The fourth-order valence-electron chi connectivity index (χ4n) is 4.24. The monoisotopic (exact) mass is 418 g/mol. The Balaban J connectivity index is 1.87. The average molecular weight is 419 g/mol. The van der Waals surface area contributed by atoms with Crippen molar-refractivity contribution in [3.05, 3.63) is 29.3 Å². The van der Waals surface area contributed by atoms with Gasteiger partial charge in [-0.05, 0) is 25.0 Å². The van der Waals surface area contributed by atoms with Gasteiger partial charge in [0.25, 0.3) is 0 Å². The number of benzene rings is 1. The summed E-state index contributed by atoms with van der Waals surface area (Å²) in [5.74, 6) is -0.842. The first-order chi connectivity index (χ1) is 14.7. The zero-order valence-electron chi connectivity index (χ0n) is 19.5. The largest absolute Gasteiger partial charge is 0.508 e. The molecule has 0 radical (unpaired) electrons. The third-order valence-corrected chi connectivity index (χ3v) is 6.16. The number of phenols is 1. The Bertz CT molecular complexity index is 553. The summed E-state index contributed by atoms with van der Waals surface area (Å²) in [5, 5.41) is 19.2. The van der Waals surface area contributed by atoms with Crippen LogP contribution in [-0.4, -0.2) is 16.2 Å². The van der Waals surface area contributed by atoms with Crippen molar-refractivity contribution in [1.82, 2.24) is 0 Å². The molecule has 0 unspecified atom stereocenters. The smallest absolute Gasteiger partial charge is 0.336 e. The van der Waals surface area contributed by atoms with Crippen LogP contribution in [-0.2, 0) is 6.42 Å². The van der Waals surface area contributed by atoms with Crippen LogP contribution in [0.1, 0.15) is 138 Å². The van der Waals surface area contributed by atoms with E-state index in [9.17, 15) is 15.0 Å². The van der Waals surface area contributed by atoms with Crippen molar-refractivity contribution in [2.75, 3.05) is 0 Å². The highest BCUT2D eigenvalue weighted by atomic mass is 16.4. The van der Waals surface area contributed by atoms with Gasteiger partial charge in [-0.2, -0.15) is 0 Å². The molecule has 0 atom stereocenters. The number of hydrogen-bond acceptors (Lipinski definition) is 2. The molecule has 2 N–H and O–H groups in total. The molecule has 3 nitrogen and oxygen atoms in total. The van der Waals surface area contributed by atoms with Gasteiger partial charge in [0.2, 0.25) is 0 Å². The van der Waals surface area contributed by atoms with E-state index in [0.29, 0.717) is 12.0 Å². The third-order valence-electron chi connectivity index (χ3n) is 6.16. The lowest BCUT2D eigenvalue weighted by Gasteiger charge is -2.08. The Morgan fingerprint density at radius 3 is 1.47 bits per heavy atom. The molecule has 1 rings (SSSR count). The van der Waals surface area contributed by atoms with Crippen LogP contribution in [0.3, 0.4) is 0 Å². The number of carboxylic acids is 1. The van der Waals surface area contributed by atoms with Crippen LogP contribution in [0, 0.1) is 0 Å². The number of carbonyl (C=O) groups is 1. The summed E-state index contributed by atoms with van der Waals surface area (Å²) in [4.78, 5) is 11.3. The SMILES string of the molecule is CCCCCCCCCCCCCCCCCCCCc1c(O)cccc1C(=O)O. The Morgan fingerprint density at radius 1 is 0.667 bits per heavy atom. The predicted molar refractivity (Wildman–Crippen MR) is 128 cm³/mol. The van der Waals surface area contributed by atoms with Crippen LogP contribution in [0.2, 0.25) is 0 Å². The number of hydrogen-bond donors (Lipinski definition) is 2. The molecule has 0 aliphatic rings. The van der Waals surface area contributed by atoms with E-state index >= 15 is 0 Å². The zero-order chi connectivity index (χ0) is 21.9. The van der Waals surface area contributed by atoms with Crippen molar-refractivity contribution in [2.45, 2.75) is 129 Å². The van der Waals surface area contributed by atoms with Gasteiger partial charge in [0.15, 0.2) is 0 Å². The second-order valence-electron chi connectivity index (χ2n) is 8.87. The normalized spacial score (nSPS) is 11.1. The fourth-order valence-corrected chi connectivity index (χ4v) is 4.24. The Labute approximate surface area is 185 Å². The molecule has 0 saturated heterocycles. The van der Waals surface area contributed by atoms with Crippen molar-refractivity contribution < 1.29 is 15.0 Å². The van der Waals surface area contributed by atoms with Gasteiger partial charge in [0, 0.05) is 5.56 Å². The first-order valence-electron chi connectivity index (χ1n) is 12.7. The van der Waals surface area contributed by atoms with Crippen LogP contribution < -0.4 is 0 Å². The standard InChI is InChI=1S/C27H46O3/c1-2-3-4-5-6-7-8-9-10-11-12-13-14-15-16-17-18-19-21-24-25(27(29)30)22-20-23-26(24)28/h20,22-23,28H,2-19,21H2,1H3,(H,29,30). The minimum absolute atomic E-state index is 0.113. The maximum atomic E-state index is 11.3. The van der Waals surface area contributed by atoms with Crippen molar-refractivity contribution >= 4 is 5.97 Å². The third kappa shape index (κ3) is 12.9. The highest BCUT2D eigenvalue weighted by Crippen LogP contribution is 2.24. The number of carboxylic acid groups (broad SMARTS) is 1. The van der Waals surface area contributed by atoms with E-state index in [1.165, 1.54) is 103 Å². The van der Waals surface area contributed by atoms with Gasteiger partial charge in [-0.25, -0.2) is 4.79 Å². The summed E-state index contributed by atoms with van der Waals surface area (Å²) < 4.78 is 0. The molecular formula is C27H46O3. The molecule has 172 valence electrons. The van der Waals surface area contributed by atoms with E-state index < -0.39 is 5.97 Å². The lowest BCUT2D eigenvalue weighted by Crippen LogP contribution is -2.02. The van der Waals surface area contributed by atoms with Crippen LogP contribution >= 0.6 is 0 Å². The van der Waals surface area contributed by atoms with Gasteiger partial charge in [0.05, 0.1) is 5.56 Å². The van der Waals surface area contributed by atoms with Gasteiger partial charge in [0.1, 0.15) is 5.75 Å². The van der Waals surface area contributed by atoms with Crippen molar-refractivity contribution in [2.24, 2.45) is 0 Å². The van der Waals surface area contributed by atoms with E-state index in [1.807, 2.05) is 0 Å². The molecule has 0 heterocycles. The Kier molecular flexibility index (Phi) is 16.2. The maximum absolute atomic E-state index is 11.3. The quantitative estimate of drug-likeness (QED) is 0.208. The van der Waals surface area contributed by atoms with E-state index in [4.69, 9.17) is 0 Å². The van der Waals surface area contributed by atoms with Crippen LogP contribution in [0.15, 0.2) is 18.2 Å². The maximum Gasteiger partial charge on any atom is 0.336 e. The molecular weight excluding hydrogens is 372 g/mol. The molecule has 0 aromatic heterocycles. The summed E-state index contributed by atoms with van der Waals surface area (Å²) in [6.07, 6.45) is 24.8. The first-order valence-corrected chi connectivity index (χ1v) is 12.7. The van der Waals surface area contributed by atoms with Crippen LogP contribution in [0.5, 0.6) is 5.75 Å². The molecule has 1 aromatic carbocycles. The zero-order valence-corrected chi connectivity index (χ0v) is 19.5. The lowest BCUT2D eigenvalue weighted by molar-refractivity contribution is 0.0695. The molecule has 0 aliphatic carbocycles. The highest BCUT2D eigenvalue weighted by molar-refractivity contribution is 5.90. The summed E-state index contributed by atoms with van der Waals surface area (Å²) in [6.45, 7) is 2.28.